The van der Waals surface area contributed by atoms with Crippen LogP contribution in [0.1, 0.15) is 0 Å². The molecule has 0 aliphatic carbocycles. The molecule has 0 radical (unpaired) electrons. The summed E-state index contributed by atoms with van der Waals surface area (Å²) in [7, 11) is 0. The monoisotopic (exact) mass is 103 g/mol. The third-order valence-corrected chi connectivity index (χ3v) is 0.303. The van der Waals surface area contributed by atoms with E-state index >= 15 is 0 Å². The van der Waals surface area contributed by atoms with Crippen LogP contribution in [0.25, 0.3) is 0 Å². The first-order valence-corrected chi connectivity index (χ1v) is 1.54. The first-order valence-electron chi connectivity index (χ1n) is 1.54. The van der Waals surface area contributed by atoms with Gasteiger partial charge >= 0.3 is 6.09 Å². The molecule has 0 aliphatic heterocycles. The topological polar surface area (TPSA) is 58.6 Å². The van der Waals surface area contributed by atoms with Crippen LogP contribution in [0.3, 0.4) is 0 Å². The molecule has 0 unspecified atom stereocenters. The molecule has 0 aromatic rings. The van der Waals surface area contributed by atoms with Crippen molar-refractivity contribution in [2.45, 2.75) is 0 Å². The summed E-state index contributed by atoms with van der Waals surface area (Å²) in [6, 6.07) is 0. The summed E-state index contributed by atoms with van der Waals surface area (Å²) in [4.78, 5) is 12.9. The largest absolute Gasteiger partial charge is 0.442 e. The summed E-state index contributed by atoms with van der Waals surface area (Å²) >= 11 is 0. The molecule has 4 nitrogen and oxygen atoms in total. The number of rotatable bonds is 1. The Morgan fingerprint density at radius 1 is 2.00 bits per heavy atom. The van der Waals surface area contributed by atoms with E-state index in [0.29, 0.717) is 0 Å². The number of nitrogens with one attached hydrogen (secondary N) is 1. The van der Waals surface area contributed by atoms with E-state index in [9.17, 15) is 4.79 Å². The maximum absolute atomic E-state index is 9.76. The summed E-state index contributed by atoms with van der Waals surface area (Å²) < 4.78 is 0. The molecule has 0 heterocycles. The Kier molecular flexibility index (Phi) is 2.70. The van der Waals surface area contributed by atoms with Crippen molar-refractivity contribution in [3.05, 3.63) is 12.8 Å². The average Bonchev–Trinajstić information content (AvgIpc) is 1.68. The molecule has 0 spiro atoms. The van der Waals surface area contributed by atoms with Crippen LogP contribution in [-0.4, -0.2) is 11.4 Å². The van der Waals surface area contributed by atoms with Gasteiger partial charge in [-0.05, 0) is 0 Å². The zero-order chi connectivity index (χ0) is 5.70. The van der Waals surface area contributed by atoms with E-state index in [1.54, 1.807) is 0 Å². The lowest BCUT2D eigenvalue weighted by Crippen LogP contribution is -2.15. The van der Waals surface area contributed by atoms with E-state index in [-0.39, 0.29) is 0 Å². The Morgan fingerprint density at radius 3 is 2.71 bits per heavy atom. The first kappa shape index (κ1) is 5.97. The van der Waals surface area contributed by atoms with Crippen LogP contribution in [0, 0.1) is 0 Å². The second-order valence-corrected chi connectivity index (χ2v) is 0.727. The van der Waals surface area contributed by atoms with E-state index in [1.165, 1.54) is 0 Å². The number of carbonyl (C=O) groups is 1. The first-order chi connectivity index (χ1) is 3.31. The van der Waals surface area contributed by atoms with Crippen LogP contribution in [0.15, 0.2) is 12.8 Å². The highest BCUT2D eigenvalue weighted by Crippen LogP contribution is 1.65. The van der Waals surface area contributed by atoms with Gasteiger partial charge in [-0.1, -0.05) is 6.58 Å². The van der Waals surface area contributed by atoms with Crippen LogP contribution in [0.2, 0.25) is 0 Å². The van der Waals surface area contributed by atoms with Crippen LogP contribution in [-0.2, 0) is 4.89 Å². The summed E-state index contributed by atoms with van der Waals surface area (Å²) in [5.74, 6) is 0. The van der Waals surface area contributed by atoms with Crippen molar-refractivity contribution < 1.29 is 14.9 Å². The lowest BCUT2D eigenvalue weighted by molar-refractivity contribution is -0.176. The van der Waals surface area contributed by atoms with Gasteiger partial charge in [-0.15, -0.1) is 0 Å². The minimum absolute atomic E-state index is 0.935. The predicted molar refractivity (Wildman–Crippen MR) is 22.4 cm³/mol. The molecule has 0 aromatic carbocycles. The van der Waals surface area contributed by atoms with Gasteiger partial charge in [-0.2, -0.15) is 5.26 Å². The van der Waals surface area contributed by atoms with Crippen LogP contribution in [0.4, 0.5) is 4.79 Å². The Morgan fingerprint density at radius 2 is 2.57 bits per heavy atom. The molecule has 0 saturated heterocycles. The highest BCUT2D eigenvalue weighted by Gasteiger charge is 1.90. The van der Waals surface area contributed by atoms with Gasteiger partial charge in [0.15, 0.2) is 0 Å². The second kappa shape index (κ2) is 3.17. The SMILES string of the molecule is C=CNC(=O)OO. The third kappa shape index (κ3) is 2.78. The van der Waals surface area contributed by atoms with Crippen molar-refractivity contribution in [1.29, 1.82) is 0 Å². The Hall–Kier alpha value is -1.03. The van der Waals surface area contributed by atoms with E-state index in [0.717, 1.165) is 6.20 Å². The summed E-state index contributed by atoms with van der Waals surface area (Å²) in [5.41, 5.74) is 0. The Bertz CT molecular complexity index is 80.2. The van der Waals surface area contributed by atoms with E-state index in [2.05, 4.69) is 11.5 Å². The quantitative estimate of drug-likeness (QED) is 0.371. The fraction of sp³-hybridized carbons (Fsp3) is 0. The number of hydrogen-bond acceptors (Lipinski definition) is 3. The molecule has 0 fully saturated rings. The minimum Gasteiger partial charge on any atom is -0.296 e. The lowest BCUT2D eigenvalue weighted by atomic mass is 11.0. The maximum atomic E-state index is 9.76. The van der Waals surface area contributed by atoms with Crippen molar-refractivity contribution in [1.82, 2.24) is 5.32 Å². The Labute approximate surface area is 40.3 Å². The molecular weight excluding hydrogens is 98.0 g/mol. The van der Waals surface area contributed by atoms with Crippen molar-refractivity contribution >= 4 is 6.09 Å². The highest BCUT2D eigenvalue weighted by molar-refractivity contribution is 5.67. The third-order valence-electron chi connectivity index (χ3n) is 0.303. The van der Waals surface area contributed by atoms with E-state index in [4.69, 9.17) is 5.26 Å². The molecule has 2 N–H and O–H groups in total. The van der Waals surface area contributed by atoms with E-state index < -0.39 is 6.09 Å². The fourth-order valence-corrected chi connectivity index (χ4v) is 0.110. The number of hydrogen-bond donors (Lipinski definition) is 2. The molecule has 0 aromatic heterocycles. The smallest absolute Gasteiger partial charge is 0.296 e. The lowest BCUT2D eigenvalue weighted by Gasteiger charge is -1.88. The maximum Gasteiger partial charge on any atom is 0.442 e. The van der Waals surface area contributed by atoms with Crippen molar-refractivity contribution in [2.75, 3.05) is 0 Å². The van der Waals surface area contributed by atoms with Gasteiger partial charge in [0.2, 0.25) is 0 Å². The molecular formula is C3H5NO3. The molecule has 4 heteroatoms. The van der Waals surface area contributed by atoms with Crippen LogP contribution >= 0.6 is 0 Å². The zero-order valence-electron chi connectivity index (χ0n) is 3.55. The molecule has 0 saturated carbocycles. The number of amides is 1. The van der Waals surface area contributed by atoms with Gasteiger partial charge in [-0.3, -0.25) is 10.2 Å². The van der Waals surface area contributed by atoms with Crippen molar-refractivity contribution in [2.24, 2.45) is 0 Å². The second-order valence-electron chi connectivity index (χ2n) is 0.727. The summed E-state index contributed by atoms with van der Waals surface area (Å²) in [5, 5.41) is 9.45. The van der Waals surface area contributed by atoms with Crippen molar-refractivity contribution in [3.8, 4) is 0 Å². The molecule has 0 bridgehead atoms. The molecule has 1 amide bonds. The minimum atomic E-state index is -0.935. The summed E-state index contributed by atoms with van der Waals surface area (Å²) in [6.07, 6.45) is 0.161. The molecule has 0 aliphatic rings. The van der Waals surface area contributed by atoms with Crippen LogP contribution < -0.4 is 5.32 Å². The molecule has 0 rings (SSSR count). The normalized spacial score (nSPS) is 7.00. The van der Waals surface area contributed by atoms with Gasteiger partial charge < -0.3 is 0 Å². The van der Waals surface area contributed by atoms with Gasteiger partial charge in [0.1, 0.15) is 0 Å². The molecule has 7 heavy (non-hydrogen) atoms. The standard InChI is InChI=1S/C3H5NO3/c1-2-4-3(5)7-6/h2,6H,1H2,(H,4,5). The van der Waals surface area contributed by atoms with E-state index in [1.807, 2.05) is 5.32 Å². The van der Waals surface area contributed by atoms with Gasteiger partial charge in [0.05, 0.1) is 0 Å². The average molecular weight is 103 g/mol. The summed E-state index contributed by atoms with van der Waals surface area (Å²) in [6.45, 7) is 3.13. The Balaban J connectivity index is 3.17. The number of carbonyl (C=O) groups excluding carboxylic acids is 1. The molecule has 40 valence electrons. The van der Waals surface area contributed by atoms with Crippen LogP contribution in [0.5, 0.6) is 0 Å². The van der Waals surface area contributed by atoms with Gasteiger partial charge in [-0.25, -0.2) is 4.79 Å². The predicted octanol–water partition coefficient (Wildman–Crippen LogP) is 0.329. The van der Waals surface area contributed by atoms with Gasteiger partial charge in [0.25, 0.3) is 0 Å². The fourth-order valence-electron chi connectivity index (χ4n) is 0.110. The van der Waals surface area contributed by atoms with Crippen molar-refractivity contribution in [3.63, 3.8) is 0 Å². The molecule has 0 atom stereocenters. The zero-order valence-corrected chi connectivity index (χ0v) is 3.55. The highest BCUT2D eigenvalue weighted by atomic mass is 17.1. The van der Waals surface area contributed by atoms with Gasteiger partial charge in [0, 0.05) is 6.20 Å².